The van der Waals surface area contributed by atoms with E-state index in [2.05, 4.69) is 0 Å². The van der Waals surface area contributed by atoms with Crippen molar-refractivity contribution in [2.45, 2.75) is 19.3 Å². The molecule has 0 fully saturated rings. The molecule has 0 amide bonds. The summed E-state index contributed by atoms with van der Waals surface area (Å²) in [5.41, 5.74) is 7.66. The number of methoxy groups -OCH3 is 1. The van der Waals surface area contributed by atoms with Gasteiger partial charge >= 0.3 is 0 Å². The molecule has 1 aliphatic rings. The molecule has 88 valence electrons. The zero-order chi connectivity index (χ0) is 11.5. The van der Waals surface area contributed by atoms with Gasteiger partial charge in [0.25, 0.3) is 0 Å². The van der Waals surface area contributed by atoms with Crippen LogP contribution in [0.25, 0.3) is 0 Å². The topological polar surface area (TPSA) is 44.5 Å². The zero-order valence-electron chi connectivity index (χ0n) is 9.38. The first-order valence-electron chi connectivity index (χ1n) is 5.49. The lowest BCUT2D eigenvalue weighted by Crippen LogP contribution is -2.02. The van der Waals surface area contributed by atoms with Crippen LogP contribution in [-0.4, -0.2) is 20.3 Å². The lowest BCUT2D eigenvalue weighted by molar-refractivity contribution is 0.324. The first kappa shape index (κ1) is 11.6. The van der Waals surface area contributed by atoms with Crippen LogP contribution < -0.4 is 15.2 Å². The third-order valence-electron chi connectivity index (χ3n) is 2.81. The van der Waals surface area contributed by atoms with E-state index in [1.807, 2.05) is 6.07 Å². The fourth-order valence-electron chi connectivity index (χ4n) is 2.04. The molecule has 1 aromatic rings. The van der Waals surface area contributed by atoms with Gasteiger partial charge in [-0.2, -0.15) is 0 Å². The molecule has 4 heteroatoms. The van der Waals surface area contributed by atoms with Crippen LogP contribution in [0.3, 0.4) is 0 Å². The van der Waals surface area contributed by atoms with E-state index in [9.17, 15) is 0 Å². The maximum absolute atomic E-state index is 6.22. The predicted octanol–water partition coefficient (Wildman–Crippen LogP) is 2.17. The van der Waals surface area contributed by atoms with Crippen molar-refractivity contribution in [3.8, 4) is 11.5 Å². The molecule has 3 nitrogen and oxygen atoms in total. The van der Waals surface area contributed by atoms with Crippen LogP contribution >= 0.6 is 11.6 Å². The summed E-state index contributed by atoms with van der Waals surface area (Å²) in [5.74, 6) is 1.65. The van der Waals surface area contributed by atoms with Gasteiger partial charge in [0.1, 0.15) is 0 Å². The Kier molecular flexibility index (Phi) is 3.56. The van der Waals surface area contributed by atoms with Crippen molar-refractivity contribution in [2.75, 3.05) is 20.3 Å². The van der Waals surface area contributed by atoms with Gasteiger partial charge in [-0.05, 0) is 31.0 Å². The molecule has 0 bridgehead atoms. The number of halogens is 1. The lowest BCUT2D eigenvalue weighted by atomic mass is 10.0. The number of hydrogen-bond donors (Lipinski definition) is 1. The van der Waals surface area contributed by atoms with Gasteiger partial charge in [0.05, 0.1) is 13.7 Å². The van der Waals surface area contributed by atoms with Crippen molar-refractivity contribution in [3.63, 3.8) is 0 Å². The Balaban J connectivity index is 2.41. The van der Waals surface area contributed by atoms with Crippen LogP contribution in [0.15, 0.2) is 6.07 Å². The van der Waals surface area contributed by atoms with E-state index in [1.165, 1.54) is 0 Å². The molecule has 0 atom stereocenters. The molecule has 0 aliphatic carbocycles. The number of rotatable bonds is 4. The van der Waals surface area contributed by atoms with Gasteiger partial charge in [-0.1, -0.05) is 11.6 Å². The summed E-state index contributed by atoms with van der Waals surface area (Å²) in [6, 6.07) is 1.98. The molecule has 0 unspecified atom stereocenters. The normalized spacial score (nSPS) is 13.4. The summed E-state index contributed by atoms with van der Waals surface area (Å²) in [5, 5.41) is 0.778. The maximum Gasteiger partial charge on any atom is 0.166 e. The Morgan fingerprint density at radius 3 is 3.06 bits per heavy atom. The quantitative estimate of drug-likeness (QED) is 0.879. The lowest BCUT2D eigenvalue weighted by Gasteiger charge is -2.13. The second-order valence-electron chi connectivity index (χ2n) is 3.85. The van der Waals surface area contributed by atoms with Crippen LogP contribution in [-0.2, 0) is 12.8 Å². The molecule has 0 spiro atoms. The predicted molar refractivity (Wildman–Crippen MR) is 64.6 cm³/mol. The number of benzene rings is 1. The van der Waals surface area contributed by atoms with Crippen molar-refractivity contribution in [3.05, 3.63) is 22.2 Å². The van der Waals surface area contributed by atoms with Crippen molar-refractivity contribution in [1.82, 2.24) is 0 Å². The van der Waals surface area contributed by atoms with E-state index in [0.29, 0.717) is 13.2 Å². The van der Waals surface area contributed by atoms with Crippen LogP contribution in [0.5, 0.6) is 11.5 Å². The molecule has 2 rings (SSSR count). The number of ether oxygens (including phenoxy) is 2. The van der Waals surface area contributed by atoms with Gasteiger partial charge < -0.3 is 15.2 Å². The minimum Gasteiger partial charge on any atom is -0.493 e. The van der Waals surface area contributed by atoms with Gasteiger partial charge in [0, 0.05) is 17.0 Å². The second-order valence-corrected chi connectivity index (χ2v) is 4.26. The molecular weight excluding hydrogens is 226 g/mol. The Hall–Kier alpha value is -0.930. The van der Waals surface area contributed by atoms with Crippen molar-refractivity contribution < 1.29 is 9.47 Å². The highest BCUT2D eigenvalue weighted by Crippen LogP contribution is 2.43. The summed E-state index contributed by atoms with van der Waals surface area (Å²) in [7, 11) is 1.66. The first-order valence-corrected chi connectivity index (χ1v) is 5.86. The van der Waals surface area contributed by atoms with Crippen molar-refractivity contribution in [1.29, 1.82) is 0 Å². The standard InChI is InChI=1S/C12H16ClNO2/c1-15-11-8(3-2-5-14)7-10(13)9-4-6-16-12(9)11/h7H,2-6,14H2,1H3. The van der Waals surface area contributed by atoms with Gasteiger partial charge in [0.2, 0.25) is 0 Å². The van der Waals surface area contributed by atoms with E-state index in [1.54, 1.807) is 7.11 Å². The smallest absolute Gasteiger partial charge is 0.166 e. The van der Waals surface area contributed by atoms with Gasteiger partial charge in [-0.15, -0.1) is 0 Å². The summed E-state index contributed by atoms with van der Waals surface area (Å²) in [6.45, 7) is 1.35. The van der Waals surface area contributed by atoms with Crippen LogP contribution in [0.4, 0.5) is 0 Å². The minimum absolute atomic E-state index is 0.665. The summed E-state index contributed by atoms with van der Waals surface area (Å²) in [6.07, 6.45) is 2.66. The van der Waals surface area contributed by atoms with Crippen LogP contribution in [0.2, 0.25) is 5.02 Å². The Labute approximate surface area is 100 Å². The van der Waals surface area contributed by atoms with E-state index in [4.69, 9.17) is 26.8 Å². The minimum atomic E-state index is 0.665. The highest BCUT2D eigenvalue weighted by molar-refractivity contribution is 6.31. The van der Waals surface area contributed by atoms with Gasteiger partial charge in [-0.3, -0.25) is 0 Å². The number of hydrogen-bond acceptors (Lipinski definition) is 3. The van der Waals surface area contributed by atoms with Crippen LogP contribution in [0, 0.1) is 0 Å². The molecule has 2 N–H and O–H groups in total. The van der Waals surface area contributed by atoms with Gasteiger partial charge in [0.15, 0.2) is 11.5 Å². The maximum atomic E-state index is 6.22. The fourth-order valence-corrected chi connectivity index (χ4v) is 2.35. The van der Waals surface area contributed by atoms with Crippen molar-refractivity contribution in [2.24, 2.45) is 5.73 Å². The first-order chi connectivity index (χ1) is 7.77. The third-order valence-corrected chi connectivity index (χ3v) is 3.15. The molecule has 0 saturated heterocycles. The summed E-state index contributed by atoms with van der Waals surface area (Å²) in [4.78, 5) is 0. The number of aryl methyl sites for hydroxylation is 1. The number of fused-ring (bicyclic) bond motifs is 1. The highest BCUT2D eigenvalue weighted by atomic mass is 35.5. The average Bonchev–Trinajstić information content (AvgIpc) is 2.76. The molecule has 0 radical (unpaired) electrons. The zero-order valence-corrected chi connectivity index (χ0v) is 10.1. The molecule has 0 aromatic heterocycles. The molecule has 0 saturated carbocycles. The third kappa shape index (κ3) is 1.97. The Morgan fingerprint density at radius 2 is 2.38 bits per heavy atom. The Morgan fingerprint density at radius 1 is 1.56 bits per heavy atom. The van der Waals surface area contributed by atoms with E-state index >= 15 is 0 Å². The summed E-state index contributed by atoms with van der Waals surface area (Å²) >= 11 is 6.22. The molecule has 16 heavy (non-hydrogen) atoms. The van der Waals surface area contributed by atoms with E-state index in [-0.39, 0.29) is 0 Å². The van der Waals surface area contributed by atoms with E-state index < -0.39 is 0 Å². The summed E-state index contributed by atoms with van der Waals surface area (Å²) < 4.78 is 11.0. The fraction of sp³-hybridized carbons (Fsp3) is 0.500. The number of nitrogens with two attached hydrogens (primary N) is 1. The second kappa shape index (κ2) is 4.93. The monoisotopic (exact) mass is 241 g/mol. The molecule has 1 aliphatic heterocycles. The van der Waals surface area contributed by atoms with E-state index in [0.717, 1.165) is 46.9 Å². The molecule has 1 aromatic carbocycles. The average molecular weight is 242 g/mol. The Bertz CT molecular complexity index is 393. The molecular formula is C12H16ClNO2. The largest absolute Gasteiger partial charge is 0.493 e. The molecule has 1 heterocycles. The highest BCUT2D eigenvalue weighted by Gasteiger charge is 2.23. The van der Waals surface area contributed by atoms with Crippen LogP contribution in [0.1, 0.15) is 17.5 Å². The van der Waals surface area contributed by atoms with Gasteiger partial charge in [-0.25, -0.2) is 0 Å². The SMILES string of the molecule is COc1c(CCCN)cc(Cl)c2c1OCC2. The van der Waals surface area contributed by atoms with Crippen molar-refractivity contribution >= 4 is 11.6 Å².